The summed E-state index contributed by atoms with van der Waals surface area (Å²) in [5.41, 5.74) is 3.20. The van der Waals surface area contributed by atoms with Gasteiger partial charge in [0.05, 0.1) is 18.2 Å². The molecule has 2 aliphatic rings. The number of halogens is 4. The van der Waals surface area contributed by atoms with Gasteiger partial charge in [0.1, 0.15) is 17.2 Å². The Morgan fingerprint density at radius 3 is 2.54 bits per heavy atom. The van der Waals surface area contributed by atoms with Crippen molar-refractivity contribution < 1.29 is 28.5 Å². The summed E-state index contributed by atoms with van der Waals surface area (Å²) in [6, 6.07) is 7.17. The standard InChI is InChI=1S/C25H22F4N4O2.H2/c26-18-13-31-23-22(21-16(12-30)2-1-3-19(21)32-23)20(18)14-8-10-33(11-9-14)24(34)15-4-6-17(7-5-15)35-25(27,28)29;/h4-7,13-14,16H,1-3,8-11H2,(H,31,32);1H/t16-;/m1./s1. The average molecular weight is 488 g/mol. The molecule has 1 aromatic carbocycles. The van der Waals surface area contributed by atoms with Crippen LogP contribution in [0.1, 0.15) is 66.1 Å². The fourth-order valence-electron chi connectivity index (χ4n) is 5.32. The second kappa shape index (κ2) is 8.87. The number of aromatic nitrogens is 2. The molecule has 0 bridgehead atoms. The highest BCUT2D eigenvalue weighted by Gasteiger charge is 2.33. The quantitative estimate of drug-likeness (QED) is 0.472. The van der Waals surface area contributed by atoms with Crippen molar-refractivity contribution >= 4 is 16.9 Å². The van der Waals surface area contributed by atoms with Gasteiger partial charge >= 0.3 is 6.36 Å². The summed E-state index contributed by atoms with van der Waals surface area (Å²) < 4.78 is 56.1. The summed E-state index contributed by atoms with van der Waals surface area (Å²) in [5, 5.41) is 10.4. The third-order valence-electron chi connectivity index (χ3n) is 6.88. The number of nitrogens with zero attached hydrogens (tertiary/aromatic N) is 3. The largest absolute Gasteiger partial charge is 0.573 e. The molecular formula is C25H24F4N4O2. The van der Waals surface area contributed by atoms with Crippen molar-refractivity contribution in [1.29, 1.82) is 5.26 Å². The van der Waals surface area contributed by atoms with Gasteiger partial charge in [0.25, 0.3) is 5.91 Å². The van der Waals surface area contributed by atoms with Gasteiger partial charge in [-0.3, -0.25) is 4.79 Å². The van der Waals surface area contributed by atoms with Crippen molar-refractivity contribution in [2.45, 2.75) is 50.3 Å². The number of benzene rings is 1. The molecule has 0 spiro atoms. The van der Waals surface area contributed by atoms with Gasteiger partial charge in [-0.1, -0.05) is 0 Å². The maximum Gasteiger partial charge on any atom is 0.573 e. The van der Waals surface area contributed by atoms with Gasteiger partial charge in [-0.2, -0.15) is 5.26 Å². The molecule has 0 saturated carbocycles. The maximum atomic E-state index is 15.1. The number of pyridine rings is 1. The van der Waals surface area contributed by atoms with Crippen molar-refractivity contribution in [2.24, 2.45) is 0 Å². The molecule has 0 unspecified atom stereocenters. The fourth-order valence-corrected chi connectivity index (χ4v) is 5.32. The van der Waals surface area contributed by atoms with Crippen LogP contribution in [0.2, 0.25) is 0 Å². The molecule has 1 fully saturated rings. The van der Waals surface area contributed by atoms with Crippen LogP contribution in [-0.2, 0) is 6.42 Å². The Bertz CT molecular complexity index is 1310. The minimum absolute atomic E-state index is 0. The maximum absolute atomic E-state index is 15.1. The highest BCUT2D eigenvalue weighted by Crippen LogP contribution is 2.42. The summed E-state index contributed by atoms with van der Waals surface area (Å²) in [7, 11) is 0. The van der Waals surface area contributed by atoms with Gasteiger partial charge in [-0.15, -0.1) is 13.2 Å². The lowest BCUT2D eigenvalue weighted by atomic mass is 9.81. The van der Waals surface area contributed by atoms with Gasteiger partial charge in [-0.05, 0) is 67.9 Å². The smallest absolute Gasteiger partial charge is 0.406 e. The van der Waals surface area contributed by atoms with Crippen LogP contribution in [0.25, 0.3) is 11.0 Å². The second-order valence-electron chi connectivity index (χ2n) is 8.97. The third-order valence-corrected chi connectivity index (χ3v) is 6.88. The van der Waals surface area contributed by atoms with E-state index in [-0.39, 0.29) is 24.7 Å². The number of alkyl halides is 3. The number of hydrogen-bond acceptors (Lipinski definition) is 4. The zero-order valence-electron chi connectivity index (χ0n) is 18.7. The molecule has 5 rings (SSSR count). The predicted molar refractivity (Wildman–Crippen MR) is 120 cm³/mol. The molecule has 1 N–H and O–H groups in total. The molecular weight excluding hydrogens is 464 g/mol. The number of carbonyl (C=O) groups is 1. The van der Waals surface area contributed by atoms with E-state index >= 15 is 4.39 Å². The van der Waals surface area contributed by atoms with Crippen molar-refractivity contribution in [2.75, 3.05) is 13.1 Å². The second-order valence-corrected chi connectivity index (χ2v) is 8.97. The summed E-state index contributed by atoms with van der Waals surface area (Å²) in [5.74, 6) is -1.55. The number of carbonyl (C=O) groups excluding carboxylic acids is 1. The number of piperidine rings is 1. The molecule has 1 saturated heterocycles. The number of rotatable bonds is 3. The number of likely N-dealkylation sites (tertiary alicyclic amines) is 1. The Hall–Kier alpha value is -3.61. The van der Waals surface area contributed by atoms with E-state index in [1.54, 1.807) is 4.90 Å². The zero-order chi connectivity index (χ0) is 24.7. The van der Waals surface area contributed by atoms with Gasteiger partial charge in [0, 0.05) is 36.7 Å². The Labute approximate surface area is 200 Å². The average Bonchev–Trinajstić information content (AvgIpc) is 3.22. The van der Waals surface area contributed by atoms with Crippen LogP contribution in [0.3, 0.4) is 0 Å². The van der Waals surface area contributed by atoms with E-state index in [1.165, 1.54) is 18.3 Å². The summed E-state index contributed by atoms with van der Waals surface area (Å²) >= 11 is 0. The molecule has 3 aromatic rings. The molecule has 1 aliphatic heterocycles. The molecule has 2 aromatic heterocycles. The molecule has 6 nitrogen and oxygen atoms in total. The van der Waals surface area contributed by atoms with Crippen molar-refractivity contribution in [3.05, 3.63) is 58.7 Å². The molecule has 0 radical (unpaired) electrons. The molecule has 1 aliphatic carbocycles. The first-order valence-corrected chi connectivity index (χ1v) is 11.5. The molecule has 3 heterocycles. The first-order valence-electron chi connectivity index (χ1n) is 11.5. The first-order chi connectivity index (χ1) is 16.7. The van der Waals surface area contributed by atoms with E-state index < -0.39 is 17.9 Å². The Balaban J connectivity index is 0.00000304. The van der Waals surface area contributed by atoms with Crippen LogP contribution in [0, 0.1) is 17.1 Å². The lowest BCUT2D eigenvalue weighted by molar-refractivity contribution is -0.274. The van der Waals surface area contributed by atoms with Crippen molar-refractivity contribution in [3.63, 3.8) is 0 Å². The van der Waals surface area contributed by atoms with E-state index in [9.17, 15) is 23.2 Å². The summed E-state index contributed by atoms with van der Waals surface area (Å²) in [6.45, 7) is 0.754. The predicted octanol–water partition coefficient (Wildman–Crippen LogP) is 5.81. The topological polar surface area (TPSA) is 82.0 Å². The summed E-state index contributed by atoms with van der Waals surface area (Å²) in [6.07, 6.45) is -0.130. The van der Waals surface area contributed by atoms with E-state index in [0.717, 1.165) is 42.7 Å². The lowest BCUT2D eigenvalue weighted by Gasteiger charge is -2.33. The van der Waals surface area contributed by atoms with Gasteiger partial charge in [0.2, 0.25) is 0 Å². The van der Waals surface area contributed by atoms with Crippen molar-refractivity contribution in [1.82, 2.24) is 14.9 Å². The third kappa shape index (κ3) is 4.43. The van der Waals surface area contributed by atoms with Gasteiger partial charge in [0.15, 0.2) is 0 Å². The number of fused-ring (bicyclic) bond motifs is 3. The Morgan fingerprint density at radius 1 is 1.17 bits per heavy atom. The number of H-pyrrole nitrogens is 1. The van der Waals surface area contributed by atoms with E-state index in [1.807, 2.05) is 0 Å². The number of hydrogen-bond donors (Lipinski definition) is 1. The van der Waals surface area contributed by atoms with Crippen LogP contribution in [-0.4, -0.2) is 40.2 Å². The van der Waals surface area contributed by atoms with E-state index in [2.05, 4.69) is 20.8 Å². The fraction of sp³-hybridized carbons (Fsp3) is 0.400. The SMILES string of the molecule is N#C[C@H]1CCCc2[nH]c3ncc(F)c(C4CCN(C(=O)c5ccc(OC(F)(F)F)cc5)CC4)c3c21.[HH]. The molecule has 184 valence electrons. The van der Waals surface area contributed by atoms with Crippen LogP contribution < -0.4 is 4.74 Å². The monoisotopic (exact) mass is 488 g/mol. The number of aromatic amines is 1. The first kappa shape index (κ1) is 23.1. The van der Waals surface area contributed by atoms with Gasteiger partial charge < -0.3 is 14.6 Å². The minimum Gasteiger partial charge on any atom is -0.406 e. The normalized spacial score (nSPS) is 18.8. The minimum atomic E-state index is -4.80. The number of nitrogens with one attached hydrogen (secondary N) is 1. The number of amides is 1. The zero-order valence-corrected chi connectivity index (χ0v) is 18.7. The highest BCUT2D eigenvalue weighted by atomic mass is 19.4. The number of nitriles is 1. The van der Waals surface area contributed by atoms with Crippen LogP contribution >= 0.6 is 0 Å². The molecule has 1 atom stereocenters. The van der Waals surface area contributed by atoms with Gasteiger partial charge in [-0.25, -0.2) is 9.37 Å². The van der Waals surface area contributed by atoms with E-state index in [0.29, 0.717) is 42.5 Å². The van der Waals surface area contributed by atoms with Crippen molar-refractivity contribution in [3.8, 4) is 11.8 Å². The van der Waals surface area contributed by atoms with Crippen LogP contribution in [0.4, 0.5) is 17.6 Å². The lowest BCUT2D eigenvalue weighted by Crippen LogP contribution is -2.38. The molecule has 35 heavy (non-hydrogen) atoms. The molecule has 10 heteroatoms. The number of aryl methyl sites for hydroxylation is 1. The molecule has 1 amide bonds. The summed E-state index contributed by atoms with van der Waals surface area (Å²) in [4.78, 5) is 22.0. The van der Waals surface area contributed by atoms with E-state index in [4.69, 9.17) is 0 Å². The Kier molecular flexibility index (Phi) is 5.87. The van der Waals surface area contributed by atoms with Crippen LogP contribution in [0.5, 0.6) is 5.75 Å². The van der Waals surface area contributed by atoms with Crippen LogP contribution in [0.15, 0.2) is 30.5 Å². The highest BCUT2D eigenvalue weighted by molar-refractivity contribution is 5.94. The number of ether oxygens (including phenoxy) is 1. The Morgan fingerprint density at radius 2 is 1.89 bits per heavy atom.